The number of guanidine groups is 1. The highest BCUT2D eigenvalue weighted by Gasteiger charge is 2.07. The molecule has 4 heteroatoms. The third-order valence-corrected chi connectivity index (χ3v) is 2.65. The average Bonchev–Trinajstić information content (AvgIpc) is 2.31. The van der Waals surface area contributed by atoms with Crippen LogP contribution < -0.4 is 4.74 Å². The van der Waals surface area contributed by atoms with E-state index in [0.717, 1.165) is 11.7 Å². The Kier molecular flexibility index (Phi) is 5.67. The van der Waals surface area contributed by atoms with Crippen LogP contribution in [-0.4, -0.2) is 56.6 Å². The first kappa shape index (κ1) is 15.3. The highest BCUT2D eigenvalue weighted by atomic mass is 16.5. The van der Waals surface area contributed by atoms with Crippen molar-refractivity contribution >= 4 is 5.96 Å². The molecule has 0 saturated carbocycles. The van der Waals surface area contributed by atoms with Crippen LogP contribution in [0, 0.1) is 6.92 Å². The molecule has 0 saturated heterocycles. The molecular weight excluding hydrogens is 238 g/mol. The molecule has 0 N–H and O–H groups in total. The van der Waals surface area contributed by atoms with E-state index in [0.29, 0.717) is 6.54 Å². The number of hydrogen-bond donors (Lipinski definition) is 0. The van der Waals surface area contributed by atoms with Gasteiger partial charge in [0.05, 0.1) is 6.54 Å². The number of nitrogens with zero attached hydrogens (tertiary/aromatic N) is 3. The third kappa shape index (κ3) is 5.20. The summed E-state index contributed by atoms with van der Waals surface area (Å²) in [5.74, 6) is 1.84. The highest BCUT2D eigenvalue weighted by molar-refractivity contribution is 5.79. The largest absolute Gasteiger partial charge is 0.489 e. The van der Waals surface area contributed by atoms with Crippen molar-refractivity contribution in [3.8, 4) is 5.75 Å². The van der Waals surface area contributed by atoms with Crippen LogP contribution in [0.1, 0.15) is 12.5 Å². The first-order valence-corrected chi connectivity index (χ1v) is 6.52. The van der Waals surface area contributed by atoms with Gasteiger partial charge in [-0.05, 0) is 26.0 Å². The highest BCUT2D eigenvalue weighted by Crippen LogP contribution is 2.13. The maximum Gasteiger partial charge on any atom is 0.195 e. The number of aliphatic imine (C=N–C) groups is 1. The van der Waals surface area contributed by atoms with Crippen molar-refractivity contribution in [2.45, 2.75) is 20.0 Å². The molecule has 0 aliphatic rings. The van der Waals surface area contributed by atoms with Gasteiger partial charge in [-0.3, -0.25) is 0 Å². The second-order valence-corrected chi connectivity index (χ2v) is 5.17. The summed E-state index contributed by atoms with van der Waals surface area (Å²) >= 11 is 0. The lowest BCUT2D eigenvalue weighted by Crippen LogP contribution is -2.36. The summed E-state index contributed by atoms with van der Waals surface area (Å²) in [6.07, 6.45) is 0.0533. The summed E-state index contributed by atoms with van der Waals surface area (Å²) < 4.78 is 5.84. The molecule has 0 aliphatic carbocycles. The van der Waals surface area contributed by atoms with Gasteiger partial charge in [-0.15, -0.1) is 0 Å². The van der Waals surface area contributed by atoms with Crippen LogP contribution in [0.2, 0.25) is 0 Å². The van der Waals surface area contributed by atoms with Crippen molar-refractivity contribution < 1.29 is 4.74 Å². The van der Waals surface area contributed by atoms with Crippen LogP contribution in [0.5, 0.6) is 5.75 Å². The molecular formula is C15H25N3O. The van der Waals surface area contributed by atoms with Crippen LogP contribution in [0.4, 0.5) is 0 Å². The molecule has 0 spiro atoms. The van der Waals surface area contributed by atoms with E-state index in [1.807, 2.05) is 57.0 Å². The van der Waals surface area contributed by atoms with Gasteiger partial charge in [-0.1, -0.05) is 17.7 Å². The van der Waals surface area contributed by atoms with E-state index >= 15 is 0 Å². The summed E-state index contributed by atoms with van der Waals surface area (Å²) in [4.78, 5) is 8.58. The number of ether oxygens (including phenoxy) is 1. The molecule has 1 aromatic carbocycles. The van der Waals surface area contributed by atoms with Gasteiger partial charge in [0.25, 0.3) is 0 Å². The van der Waals surface area contributed by atoms with E-state index in [9.17, 15) is 0 Å². The van der Waals surface area contributed by atoms with Gasteiger partial charge in [0.1, 0.15) is 11.9 Å². The predicted molar refractivity (Wildman–Crippen MR) is 80.9 cm³/mol. The summed E-state index contributed by atoms with van der Waals surface area (Å²) in [5.41, 5.74) is 1.24. The Morgan fingerprint density at radius 2 is 1.63 bits per heavy atom. The molecule has 1 aromatic rings. The second kappa shape index (κ2) is 7.02. The van der Waals surface area contributed by atoms with Crippen LogP contribution in [0.25, 0.3) is 0 Å². The first-order chi connectivity index (χ1) is 8.90. The summed E-state index contributed by atoms with van der Waals surface area (Å²) in [5, 5.41) is 0. The molecule has 1 rings (SSSR count). The van der Waals surface area contributed by atoms with Crippen molar-refractivity contribution in [3.63, 3.8) is 0 Å². The Morgan fingerprint density at radius 1 is 1.11 bits per heavy atom. The topological polar surface area (TPSA) is 28.1 Å². The fourth-order valence-electron chi connectivity index (χ4n) is 1.78. The smallest absolute Gasteiger partial charge is 0.195 e. The molecule has 1 atom stereocenters. The van der Waals surface area contributed by atoms with Gasteiger partial charge < -0.3 is 14.5 Å². The van der Waals surface area contributed by atoms with E-state index in [1.165, 1.54) is 5.56 Å². The molecule has 19 heavy (non-hydrogen) atoms. The van der Waals surface area contributed by atoms with E-state index in [2.05, 4.69) is 24.0 Å². The Bertz CT molecular complexity index is 400. The molecule has 0 bridgehead atoms. The molecule has 1 unspecified atom stereocenters. The van der Waals surface area contributed by atoms with E-state index in [4.69, 9.17) is 4.74 Å². The first-order valence-electron chi connectivity index (χ1n) is 6.52. The molecule has 0 aliphatic heterocycles. The van der Waals surface area contributed by atoms with Crippen molar-refractivity contribution in [2.75, 3.05) is 34.7 Å². The Balaban J connectivity index is 2.57. The molecule has 106 valence electrons. The van der Waals surface area contributed by atoms with Gasteiger partial charge in [0.15, 0.2) is 5.96 Å². The second-order valence-electron chi connectivity index (χ2n) is 5.17. The van der Waals surface area contributed by atoms with Gasteiger partial charge in [-0.2, -0.15) is 0 Å². The standard InChI is InChI=1S/C15H25N3O/c1-12-7-9-14(10-8-12)19-13(2)11-16-15(17(3)4)18(5)6/h7-10,13H,11H2,1-6H3. The zero-order chi connectivity index (χ0) is 14.4. The van der Waals surface area contributed by atoms with Crippen LogP contribution >= 0.6 is 0 Å². The summed E-state index contributed by atoms with van der Waals surface area (Å²) in [7, 11) is 7.96. The minimum atomic E-state index is 0.0533. The van der Waals surface area contributed by atoms with Crippen molar-refractivity contribution in [3.05, 3.63) is 29.8 Å². The number of benzene rings is 1. The molecule has 0 fully saturated rings. The lowest BCUT2D eigenvalue weighted by Gasteiger charge is -2.23. The van der Waals surface area contributed by atoms with Crippen molar-refractivity contribution in [2.24, 2.45) is 4.99 Å². The molecule has 0 radical (unpaired) electrons. The molecule has 0 aromatic heterocycles. The quantitative estimate of drug-likeness (QED) is 0.616. The molecule has 0 amide bonds. The van der Waals surface area contributed by atoms with Crippen LogP contribution in [-0.2, 0) is 0 Å². The van der Waals surface area contributed by atoms with Crippen LogP contribution in [0.15, 0.2) is 29.3 Å². The summed E-state index contributed by atoms with van der Waals surface area (Å²) in [6, 6.07) is 8.09. The van der Waals surface area contributed by atoms with Gasteiger partial charge in [0.2, 0.25) is 0 Å². The fraction of sp³-hybridized carbons (Fsp3) is 0.533. The SMILES string of the molecule is Cc1ccc(OC(C)CN=C(N(C)C)N(C)C)cc1. The fourth-order valence-corrected chi connectivity index (χ4v) is 1.78. The average molecular weight is 263 g/mol. The molecule has 4 nitrogen and oxygen atoms in total. The van der Waals surface area contributed by atoms with Crippen molar-refractivity contribution in [1.29, 1.82) is 0 Å². The Hall–Kier alpha value is -1.71. The van der Waals surface area contributed by atoms with E-state index < -0.39 is 0 Å². The minimum Gasteiger partial charge on any atom is -0.489 e. The molecule has 0 heterocycles. The lowest BCUT2D eigenvalue weighted by atomic mass is 10.2. The Morgan fingerprint density at radius 3 is 2.11 bits per heavy atom. The minimum absolute atomic E-state index is 0.0533. The van der Waals surface area contributed by atoms with E-state index in [1.54, 1.807) is 0 Å². The van der Waals surface area contributed by atoms with Gasteiger partial charge >= 0.3 is 0 Å². The third-order valence-electron chi connectivity index (χ3n) is 2.65. The monoisotopic (exact) mass is 263 g/mol. The maximum absolute atomic E-state index is 5.84. The zero-order valence-electron chi connectivity index (χ0n) is 12.8. The Labute approximate surface area is 116 Å². The number of aryl methyl sites for hydroxylation is 1. The van der Waals surface area contributed by atoms with Gasteiger partial charge in [-0.25, -0.2) is 4.99 Å². The lowest BCUT2D eigenvalue weighted by molar-refractivity contribution is 0.229. The van der Waals surface area contributed by atoms with Crippen molar-refractivity contribution in [1.82, 2.24) is 9.80 Å². The zero-order valence-corrected chi connectivity index (χ0v) is 12.8. The normalized spacial score (nSPS) is 11.7. The number of hydrogen-bond acceptors (Lipinski definition) is 2. The van der Waals surface area contributed by atoms with Crippen LogP contribution in [0.3, 0.4) is 0 Å². The predicted octanol–water partition coefficient (Wildman–Crippen LogP) is 2.24. The van der Waals surface area contributed by atoms with Gasteiger partial charge in [0, 0.05) is 28.2 Å². The van der Waals surface area contributed by atoms with E-state index in [-0.39, 0.29) is 6.10 Å². The maximum atomic E-state index is 5.84. The summed E-state index contributed by atoms with van der Waals surface area (Å²) in [6.45, 7) is 4.74. The number of rotatable bonds is 4.